The average molecular weight is 495 g/mol. The first-order valence-corrected chi connectivity index (χ1v) is 10.4. The van der Waals surface area contributed by atoms with Gasteiger partial charge in [0.05, 0.1) is 48.1 Å². The summed E-state index contributed by atoms with van der Waals surface area (Å²) in [6, 6.07) is 10.2. The zero-order valence-electron chi connectivity index (χ0n) is 19.4. The molecule has 0 aliphatic rings. The van der Waals surface area contributed by atoms with Gasteiger partial charge in [-0.25, -0.2) is 24.4 Å². The maximum Gasteiger partial charge on any atom is 0.353 e. The van der Waals surface area contributed by atoms with Crippen LogP contribution in [0.5, 0.6) is 0 Å². The number of nitrogens with one attached hydrogen (secondary N) is 2. The Labute approximate surface area is 204 Å². The highest BCUT2D eigenvalue weighted by Crippen LogP contribution is 2.34. The van der Waals surface area contributed by atoms with Gasteiger partial charge in [0.1, 0.15) is 6.33 Å². The van der Waals surface area contributed by atoms with Crippen LogP contribution in [0, 0.1) is 10.1 Å². The molecule has 13 heteroatoms. The van der Waals surface area contributed by atoms with Gasteiger partial charge in [-0.1, -0.05) is 12.1 Å². The maximum atomic E-state index is 12.3. The number of para-hydroxylation sites is 1. The number of nitrogens with zero attached hydrogens (tertiary/aromatic N) is 3. The smallest absolute Gasteiger partial charge is 0.353 e. The van der Waals surface area contributed by atoms with E-state index in [-0.39, 0.29) is 46.3 Å². The lowest BCUT2D eigenvalue weighted by Crippen LogP contribution is -2.11. The van der Waals surface area contributed by atoms with E-state index in [0.717, 1.165) is 6.33 Å². The molecule has 0 spiro atoms. The van der Waals surface area contributed by atoms with E-state index in [2.05, 4.69) is 20.6 Å². The summed E-state index contributed by atoms with van der Waals surface area (Å²) in [5.41, 5.74) is -0.0560. The summed E-state index contributed by atoms with van der Waals surface area (Å²) in [6.45, 7) is 1.80. The van der Waals surface area contributed by atoms with Crippen LogP contribution in [0.25, 0.3) is 0 Å². The number of hydrogen-bond acceptors (Lipinski definition) is 12. The van der Waals surface area contributed by atoms with Crippen molar-refractivity contribution in [2.75, 3.05) is 31.5 Å². The van der Waals surface area contributed by atoms with Gasteiger partial charge < -0.3 is 24.8 Å². The van der Waals surface area contributed by atoms with Crippen molar-refractivity contribution in [1.29, 1.82) is 0 Å². The molecule has 0 radical (unpaired) electrons. The molecular weight excluding hydrogens is 474 g/mol. The van der Waals surface area contributed by atoms with Gasteiger partial charge in [0.15, 0.2) is 0 Å². The first kappa shape index (κ1) is 25.6. The molecule has 0 saturated carbocycles. The fourth-order valence-electron chi connectivity index (χ4n) is 3.15. The topological polar surface area (TPSA) is 172 Å². The van der Waals surface area contributed by atoms with Crippen molar-refractivity contribution in [2.24, 2.45) is 0 Å². The van der Waals surface area contributed by atoms with E-state index in [4.69, 9.17) is 14.2 Å². The third kappa shape index (κ3) is 5.70. The Morgan fingerprint density at radius 1 is 0.917 bits per heavy atom. The van der Waals surface area contributed by atoms with Gasteiger partial charge in [-0.3, -0.25) is 10.1 Å². The fraction of sp³-hybridized carbons (Fsp3) is 0.174. The largest absolute Gasteiger partial charge is 0.465 e. The van der Waals surface area contributed by atoms with E-state index >= 15 is 0 Å². The number of anilines is 4. The van der Waals surface area contributed by atoms with Gasteiger partial charge in [-0.15, -0.1) is 0 Å². The standard InChI is InChI=1S/C23H21N5O8/c1-4-36-23(31)16-7-5-6-8-17(16)27-20-18(28(32)33)19(24-12-25-20)26-15-10-13(21(29)34-2)9-14(11-15)22(30)35-3/h5-12H,4H2,1-3H3,(H2,24,25,26,27). The Kier molecular flexibility index (Phi) is 8.07. The predicted octanol–water partition coefficient (Wildman–Crippen LogP) is 3.62. The van der Waals surface area contributed by atoms with Crippen LogP contribution in [0.4, 0.5) is 28.7 Å². The molecule has 0 aliphatic heterocycles. The number of carbonyl (C=O) groups is 3. The zero-order valence-corrected chi connectivity index (χ0v) is 19.4. The van der Waals surface area contributed by atoms with Crippen molar-refractivity contribution in [3.05, 3.63) is 75.6 Å². The van der Waals surface area contributed by atoms with Crippen molar-refractivity contribution in [2.45, 2.75) is 6.92 Å². The fourth-order valence-corrected chi connectivity index (χ4v) is 3.15. The minimum Gasteiger partial charge on any atom is -0.465 e. The molecule has 0 atom stereocenters. The van der Waals surface area contributed by atoms with Gasteiger partial charge in [-0.05, 0) is 37.3 Å². The monoisotopic (exact) mass is 495 g/mol. The first-order valence-electron chi connectivity index (χ1n) is 10.4. The SMILES string of the molecule is CCOC(=O)c1ccccc1Nc1ncnc(Nc2cc(C(=O)OC)cc(C(=O)OC)c2)c1[N+](=O)[O-]. The summed E-state index contributed by atoms with van der Waals surface area (Å²) in [4.78, 5) is 55.6. The molecule has 3 rings (SSSR count). The van der Waals surface area contributed by atoms with Gasteiger partial charge in [-0.2, -0.15) is 0 Å². The summed E-state index contributed by atoms with van der Waals surface area (Å²) in [5.74, 6) is -2.56. The summed E-state index contributed by atoms with van der Waals surface area (Å²) >= 11 is 0. The predicted molar refractivity (Wildman–Crippen MR) is 127 cm³/mol. The number of nitro groups is 1. The molecule has 0 unspecified atom stereocenters. The second kappa shape index (κ2) is 11.4. The summed E-state index contributed by atoms with van der Waals surface area (Å²) in [5, 5.41) is 17.5. The number of benzene rings is 2. The molecule has 0 fully saturated rings. The second-order valence-corrected chi connectivity index (χ2v) is 6.97. The van der Waals surface area contributed by atoms with Crippen molar-refractivity contribution in [3.8, 4) is 0 Å². The number of aromatic nitrogens is 2. The molecule has 0 amide bonds. The molecular formula is C23H21N5O8. The van der Waals surface area contributed by atoms with E-state index in [1.165, 1.54) is 44.6 Å². The minimum absolute atomic E-state index is 0.00122. The Bertz CT molecular complexity index is 1290. The lowest BCUT2D eigenvalue weighted by molar-refractivity contribution is -0.383. The highest BCUT2D eigenvalue weighted by Gasteiger charge is 2.25. The normalized spacial score (nSPS) is 10.2. The molecule has 13 nitrogen and oxygen atoms in total. The molecule has 0 aliphatic carbocycles. The van der Waals surface area contributed by atoms with Gasteiger partial charge >= 0.3 is 23.6 Å². The Balaban J connectivity index is 2.05. The molecule has 186 valence electrons. The third-order valence-corrected chi connectivity index (χ3v) is 4.72. The van der Waals surface area contributed by atoms with Crippen LogP contribution in [0.1, 0.15) is 38.0 Å². The van der Waals surface area contributed by atoms with Gasteiger partial charge in [0, 0.05) is 5.69 Å². The van der Waals surface area contributed by atoms with Crippen molar-refractivity contribution >= 4 is 46.6 Å². The molecule has 2 aromatic carbocycles. The van der Waals surface area contributed by atoms with E-state index in [1.54, 1.807) is 19.1 Å². The Morgan fingerprint density at radius 3 is 2.06 bits per heavy atom. The number of methoxy groups -OCH3 is 2. The Morgan fingerprint density at radius 2 is 1.50 bits per heavy atom. The van der Waals surface area contributed by atoms with Crippen molar-refractivity contribution < 1.29 is 33.5 Å². The van der Waals surface area contributed by atoms with Crippen LogP contribution in [0.3, 0.4) is 0 Å². The number of carbonyl (C=O) groups excluding carboxylic acids is 3. The van der Waals surface area contributed by atoms with Crippen LogP contribution in [0.2, 0.25) is 0 Å². The minimum atomic E-state index is -0.737. The lowest BCUT2D eigenvalue weighted by Gasteiger charge is -2.13. The van der Waals surface area contributed by atoms with Crippen molar-refractivity contribution in [1.82, 2.24) is 9.97 Å². The quantitative estimate of drug-likeness (QED) is 0.191. The highest BCUT2D eigenvalue weighted by molar-refractivity contribution is 5.98. The lowest BCUT2D eigenvalue weighted by atomic mass is 10.1. The van der Waals surface area contributed by atoms with Crippen LogP contribution in [-0.4, -0.2) is 53.6 Å². The number of hydrogen-bond donors (Lipinski definition) is 2. The van der Waals surface area contributed by atoms with Gasteiger partial charge in [0.25, 0.3) is 0 Å². The summed E-state index contributed by atoms with van der Waals surface area (Å²) < 4.78 is 14.4. The molecule has 2 N–H and O–H groups in total. The third-order valence-electron chi connectivity index (χ3n) is 4.72. The van der Waals surface area contributed by atoms with Crippen LogP contribution in [-0.2, 0) is 14.2 Å². The number of ether oxygens (including phenoxy) is 3. The van der Waals surface area contributed by atoms with E-state index in [0.29, 0.717) is 0 Å². The molecule has 0 saturated heterocycles. The zero-order chi connectivity index (χ0) is 26.2. The van der Waals surface area contributed by atoms with E-state index in [9.17, 15) is 24.5 Å². The summed E-state index contributed by atoms with van der Waals surface area (Å²) in [6.07, 6.45) is 1.07. The van der Waals surface area contributed by atoms with Crippen LogP contribution < -0.4 is 10.6 Å². The average Bonchev–Trinajstić information content (AvgIpc) is 2.87. The Hall–Kier alpha value is -5.07. The number of esters is 3. The second-order valence-electron chi connectivity index (χ2n) is 6.97. The molecule has 1 heterocycles. The first-order chi connectivity index (χ1) is 17.3. The highest BCUT2D eigenvalue weighted by atomic mass is 16.6. The van der Waals surface area contributed by atoms with Crippen LogP contribution in [0.15, 0.2) is 48.8 Å². The number of rotatable bonds is 9. The maximum absolute atomic E-state index is 12.3. The molecule has 3 aromatic rings. The summed E-state index contributed by atoms with van der Waals surface area (Å²) in [7, 11) is 2.34. The van der Waals surface area contributed by atoms with Gasteiger partial charge in [0.2, 0.25) is 11.6 Å². The molecule has 0 bridgehead atoms. The van der Waals surface area contributed by atoms with Crippen molar-refractivity contribution in [3.63, 3.8) is 0 Å². The molecule has 36 heavy (non-hydrogen) atoms. The van der Waals surface area contributed by atoms with E-state index < -0.39 is 28.5 Å². The molecule has 1 aromatic heterocycles. The van der Waals surface area contributed by atoms with Crippen LogP contribution >= 0.6 is 0 Å². The van der Waals surface area contributed by atoms with E-state index in [1.807, 2.05) is 0 Å².